The van der Waals surface area contributed by atoms with Gasteiger partial charge in [-0.25, -0.2) is 0 Å². The Morgan fingerprint density at radius 3 is 2.71 bits per heavy atom. The van der Waals surface area contributed by atoms with E-state index in [9.17, 15) is 5.11 Å². The first kappa shape index (κ1) is 16.5. The van der Waals surface area contributed by atoms with Crippen LogP contribution in [0.3, 0.4) is 0 Å². The van der Waals surface area contributed by atoms with Crippen LogP contribution in [0.15, 0.2) is 24.3 Å². The first-order chi connectivity index (χ1) is 10.2. The molecule has 118 valence electrons. The van der Waals surface area contributed by atoms with E-state index in [4.69, 9.17) is 5.73 Å². The SMILES string of the molecule is CCC(N)C(c1ccccc1C)N1CCCCCC1CO. The molecule has 3 N–H and O–H groups in total. The quantitative estimate of drug-likeness (QED) is 0.876. The van der Waals surface area contributed by atoms with E-state index >= 15 is 0 Å². The molecule has 21 heavy (non-hydrogen) atoms. The molecule has 0 amide bonds. The average Bonchev–Trinajstić information content (AvgIpc) is 2.74. The van der Waals surface area contributed by atoms with Crippen LogP contribution in [0.1, 0.15) is 56.2 Å². The van der Waals surface area contributed by atoms with E-state index in [1.54, 1.807) is 0 Å². The molecular weight excluding hydrogens is 260 g/mol. The molecule has 2 rings (SSSR count). The van der Waals surface area contributed by atoms with Gasteiger partial charge in [0.25, 0.3) is 0 Å². The highest BCUT2D eigenvalue weighted by Gasteiger charge is 2.32. The lowest BCUT2D eigenvalue weighted by Crippen LogP contribution is -2.47. The van der Waals surface area contributed by atoms with Crippen molar-refractivity contribution < 1.29 is 5.11 Å². The second kappa shape index (κ2) is 7.92. The number of aryl methyl sites for hydroxylation is 1. The molecule has 3 unspecified atom stereocenters. The lowest BCUT2D eigenvalue weighted by atomic mass is 9.91. The van der Waals surface area contributed by atoms with Crippen LogP contribution in [0.2, 0.25) is 0 Å². The molecule has 0 bridgehead atoms. The molecule has 1 aromatic rings. The molecule has 1 aliphatic heterocycles. The van der Waals surface area contributed by atoms with Crippen molar-refractivity contribution in [2.24, 2.45) is 5.73 Å². The normalized spacial score (nSPS) is 23.5. The zero-order valence-electron chi connectivity index (χ0n) is 13.5. The van der Waals surface area contributed by atoms with Gasteiger partial charge in [-0.1, -0.05) is 44.0 Å². The summed E-state index contributed by atoms with van der Waals surface area (Å²) in [6, 6.07) is 9.12. The molecule has 1 fully saturated rings. The van der Waals surface area contributed by atoms with Crippen molar-refractivity contribution in [3.8, 4) is 0 Å². The minimum absolute atomic E-state index is 0.109. The Morgan fingerprint density at radius 1 is 1.29 bits per heavy atom. The largest absolute Gasteiger partial charge is 0.395 e. The van der Waals surface area contributed by atoms with Gasteiger partial charge < -0.3 is 10.8 Å². The maximum Gasteiger partial charge on any atom is 0.0587 e. The Morgan fingerprint density at radius 2 is 2.05 bits per heavy atom. The lowest BCUT2D eigenvalue weighted by molar-refractivity contribution is 0.0711. The van der Waals surface area contributed by atoms with E-state index in [2.05, 4.69) is 43.0 Å². The van der Waals surface area contributed by atoms with E-state index in [1.165, 1.54) is 30.4 Å². The molecule has 3 atom stereocenters. The fraction of sp³-hybridized carbons (Fsp3) is 0.667. The number of aliphatic hydroxyl groups is 1. The van der Waals surface area contributed by atoms with Crippen molar-refractivity contribution in [1.29, 1.82) is 0 Å². The van der Waals surface area contributed by atoms with Gasteiger partial charge in [0.2, 0.25) is 0 Å². The molecule has 0 aromatic heterocycles. The summed E-state index contributed by atoms with van der Waals surface area (Å²) in [5, 5.41) is 9.82. The lowest BCUT2D eigenvalue weighted by Gasteiger charge is -2.40. The summed E-state index contributed by atoms with van der Waals surface area (Å²) >= 11 is 0. The number of benzene rings is 1. The summed E-state index contributed by atoms with van der Waals surface area (Å²) in [5.74, 6) is 0. The summed E-state index contributed by atoms with van der Waals surface area (Å²) in [4.78, 5) is 2.48. The standard InChI is InChI=1S/C18H30N2O/c1-3-17(19)18(16-11-7-6-9-14(16)2)20-12-8-4-5-10-15(20)13-21/h6-7,9,11,15,17-18,21H,3-5,8,10,12-13,19H2,1-2H3. The van der Waals surface area contributed by atoms with Crippen LogP contribution in [-0.2, 0) is 0 Å². The van der Waals surface area contributed by atoms with Crippen LogP contribution in [0, 0.1) is 6.92 Å². The maximum absolute atomic E-state index is 9.82. The number of likely N-dealkylation sites (tertiary alicyclic amines) is 1. The molecule has 1 aliphatic rings. The molecule has 3 heteroatoms. The van der Waals surface area contributed by atoms with Gasteiger partial charge in [-0.2, -0.15) is 0 Å². The van der Waals surface area contributed by atoms with Gasteiger partial charge in [0.05, 0.1) is 12.6 Å². The monoisotopic (exact) mass is 290 g/mol. The van der Waals surface area contributed by atoms with Gasteiger partial charge >= 0.3 is 0 Å². The molecule has 1 aromatic carbocycles. The summed E-state index contributed by atoms with van der Waals surface area (Å²) in [7, 11) is 0. The second-order valence-electron chi connectivity index (χ2n) is 6.30. The number of nitrogens with two attached hydrogens (primary N) is 1. The van der Waals surface area contributed by atoms with Crippen LogP contribution in [-0.4, -0.2) is 35.2 Å². The predicted molar refractivity (Wildman–Crippen MR) is 88.2 cm³/mol. The van der Waals surface area contributed by atoms with Crippen molar-refractivity contribution in [1.82, 2.24) is 4.90 Å². The minimum Gasteiger partial charge on any atom is -0.395 e. The van der Waals surface area contributed by atoms with E-state index in [1.807, 2.05) is 0 Å². The predicted octanol–water partition coefficient (Wildman–Crippen LogP) is 3.01. The van der Waals surface area contributed by atoms with E-state index < -0.39 is 0 Å². The number of hydrogen-bond donors (Lipinski definition) is 2. The molecule has 1 heterocycles. The van der Waals surface area contributed by atoms with Crippen molar-refractivity contribution >= 4 is 0 Å². The average molecular weight is 290 g/mol. The van der Waals surface area contributed by atoms with Crippen LogP contribution in [0.25, 0.3) is 0 Å². The molecule has 0 spiro atoms. The van der Waals surface area contributed by atoms with Gasteiger partial charge in [0, 0.05) is 12.1 Å². The molecule has 0 aliphatic carbocycles. The Balaban J connectivity index is 2.36. The Labute approximate surface area is 129 Å². The number of hydrogen-bond acceptors (Lipinski definition) is 3. The van der Waals surface area contributed by atoms with E-state index in [-0.39, 0.29) is 24.7 Å². The molecule has 0 saturated carbocycles. The van der Waals surface area contributed by atoms with Crippen molar-refractivity contribution in [3.05, 3.63) is 35.4 Å². The first-order valence-electron chi connectivity index (χ1n) is 8.36. The van der Waals surface area contributed by atoms with Crippen LogP contribution >= 0.6 is 0 Å². The highest BCUT2D eigenvalue weighted by atomic mass is 16.3. The van der Waals surface area contributed by atoms with Gasteiger partial charge in [0.15, 0.2) is 0 Å². The number of nitrogens with zero attached hydrogens (tertiary/aromatic N) is 1. The maximum atomic E-state index is 9.82. The van der Waals surface area contributed by atoms with Gasteiger partial charge in [-0.15, -0.1) is 0 Å². The second-order valence-corrected chi connectivity index (χ2v) is 6.30. The zero-order chi connectivity index (χ0) is 15.2. The summed E-state index contributed by atoms with van der Waals surface area (Å²) in [6.07, 6.45) is 5.71. The molecule has 1 saturated heterocycles. The van der Waals surface area contributed by atoms with Crippen molar-refractivity contribution in [3.63, 3.8) is 0 Å². The third-order valence-electron chi connectivity index (χ3n) is 4.87. The minimum atomic E-state index is 0.109. The third kappa shape index (κ3) is 3.85. The summed E-state index contributed by atoms with van der Waals surface area (Å²) < 4.78 is 0. The smallest absolute Gasteiger partial charge is 0.0587 e. The fourth-order valence-corrected chi connectivity index (χ4v) is 3.56. The van der Waals surface area contributed by atoms with E-state index in [0.717, 1.165) is 19.4 Å². The highest BCUT2D eigenvalue weighted by Crippen LogP contribution is 2.32. The Bertz CT molecular complexity index is 435. The molecule has 0 radical (unpaired) electrons. The topological polar surface area (TPSA) is 49.5 Å². The molecular formula is C18H30N2O. The Kier molecular flexibility index (Phi) is 6.22. The van der Waals surface area contributed by atoms with Gasteiger partial charge in [-0.3, -0.25) is 4.90 Å². The highest BCUT2D eigenvalue weighted by molar-refractivity contribution is 5.30. The van der Waals surface area contributed by atoms with Gasteiger partial charge in [-0.05, 0) is 43.9 Å². The fourth-order valence-electron chi connectivity index (χ4n) is 3.56. The third-order valence-corrected chi connectivity index (χ3v) is 4.87. The van der Waals surface area contributed by atoms with Crippen LogP contribution in [0.4, 0.5) is 0 Å². The van der Waals surface area contributed by atoms with E-state index in [0.29, 0.717) is 0 Å². The first-order valence-corrected chi connectivity index (χ1v) is 8.36. The summed E-state index contributed by atoms with van der Waals surface area (Å²) in [5.41, 5.74) is 9.12. The number of aliphatic hydroxyl groups excluding tert-OH is 1. The van der Waals surface area contributed by atoms with Crippen molar-refractivity contribution in [2.75, 3.05) is 13.2 Å². The van der Waals surface area contributed by atoms with Crippen LogP contribution < -0.4 is 5.73 Å². The van der Waals surface area contributed by atoms with Gasteiger partial charge in [0.1, 0.15) is 0 Å². The zero-order valence-corrected chi connectivity index (χ0v) is 13.5. The van der Waals surface area contributed by atoms with Crippen LogP contribution in [0.5, 0.6) is 0 Å². The Hall–Kier alpha value is -0.900. The summed E-state index contributed by atoms with van der Waals surface area (Å²) in [6.45, 7) is 5.59. The molecule has 3 nitrogen and oxygen atoms in total. The van der Waals surface area contributed by atoms with Crippen molar-refractivity contribution in [2.45, 2.75) is 64.1 Å². The number of rotatable bonds is 5.